The van der Waals surface area contributed by atoms with Gasteiger partial charge in [0.1, 0.15) is 0 Å². The van der Waals surface area contributed by atoms with E-state index >= 15 is 0 Å². The quantitative estimate of drug-likeness (QED) is 0.588. The Morgan fingerprint density at radius 3 is 2.71 bits per heavy atom. The van der Waals surface area contributed by atoms with Crippen LogP contribution in [0.1, 0.15) is 24.2 Å². The number of ether oxygens (including phenoxy) is 1. The molecular formula is C10H10BrIO2. The maximum atomic E-state index is 11.6. The molecule has 0 saturated carbocycles. The SMILES string of the molecule is CC(C)OC(=O)c1cc(I)ccc1Br. The van der Waals surface area contributed by atoms with Crippen LogP contribution < -0.4 is 0 Å². The zero-order valence-corrected chi connectivity index (χ0v) is 11.6. The van der Waals surface area contributed by atoms with Gasteiger partial charge in [-0.1, -0.05) is 0 Å². The molecule has 0 bridgehead atoms. The van der Waals surface area contributed by atoms with E-state index in [1.807, 2.05) is 26.0 Å². The van der Waals surface area contributed by atoms with Crippen LogP contribution in [0.3, 0.4) is 0 Å². The number of halogens is 2. The molecule has 0 fully saturated rings. The summed E-state index contributed by atoms with van der Waals surface area (Å²) in [5.74, 6) is -0.287. The number of rotatable bonds is 2. The van der Waals surface area contributed by atoms with Gasteiger partial charge >= 0.3 is 5.97 Å². The Bertz CT molecular complexity index is 350. The molecule has 0 spiro atoms. The normalized spacial score (nSPS) is 10.4. The van der Waals surface area contributed by atoms with E-state index in [9.17, 15) is 4.79 Å². The molecule has 0 aromatic heterocycles. The van der Waals surface area contributed by atoms with Gasteiger partial charge in [-0.2, -0.15) is 0 Å². The predicted molar refractivity (Wildman–Crippen MR) is 67.4 cm³/mol. The van der Waals surface area contributed by atoms with E-state index in [1.165, 1.54) is 0 Å². The molecule has 0 aliphatic heterocycles. The largest absolute Gasteiger partial charge is 0.459 e. The Morgan fingerprint density at radius 2 is 2.14 bits per heavy atom. The number of carbonyl (C=O) groups is 1. The van der Waals surface area contributed by atoms with E-state index in [-0.39, 0.29) is 12.1 Å². The molecule has 14 heavy (non-hydrogen) atoms. The Balaban J connectivity index is 2.94. The molecule has 76 valence electrons. The lowest BCUT2D eigenvalue weighted by Crippen LogP contribution is -2.12. The van der Waals surface area contributed by atoms with Crippen molar-refractivity contribution in [2.24, 2.45) is 0 Å². The van der Waals surface area contributed by atoms with Crippen molar-refractivity contribution < 1.29 is 9.53 Å². The van der Waals surface area contributed by atoms with Crippen LogP contribution in [-0.2, 0) is 4.74 Å². The zero-order chi connectivity index (χ0) is 10.7. The van der Waals surface area contributed by atoms with Gasteiger partial charge < -0.3 is 4.74 Å². The molecule has 0 aliphatic rings. The third-order valence-electron chi connectivity index (χ3n) is 1.49. The molecule has 1 aromatic carbocycles. The third-order valence-corrected chi connectivity index (χ3v) is 2.85. The van der Waals surface area contributed by atoms with Gasteiger partial charge in [-0.25, -0.2) is 4.79 Å². The number of benzene rings is 1. The zero-order valence-electron chi connectivity index (χ0n) is 7.88. The molecule has 0 atom stereocenters. The molecular weight excluding hydrogens is 359 g/mol. The van der Waals surface area contributed by atoms with Gasteiger partial charge in [-0.05, 0) is 70.6 Å². The molecule has 1 rings (SSSR count). The molecule has 0 N–H and O–H groups in total. The first-order chi connectivity index (χ1) is 6.50. The minimum atomic E-state index is -0.287. The second-order valence-electron chi connectivity index (χ2n) is 3.08. The lowest BCUT2D eigenvalue weighted by atomic mass is 10.2. The van der Waals surface area contributed by atoms with Crippen molar-refractivity contribution >= 4 is 44.5 Å². The predicted octanol–water partition coefficient (Wildman–Crippen LogP) is 3.62. The van der Waals surface area contributed by atoms with Gasteiger partial charge in [0.2, 0.25) is 0 Å². The molecule has 0 amide bonds. The fourth-order valence-corrected chi connectivity index (χ4v) is 1.83. The smallest absolute Gasteiger partial charge is 0.339 e. The van der Waals surface area contributed by atoms with Crippen LogP contribution in [0.5, 0.6) is 0 Å². The lowest BCUT2D eigenvalue weighted by molar-refractivity contribution is 0.0376. The van der Waals surface area contributed by atoms with Crippen molar-refractivity contribution in [3.8, 4) is 0 Å². The highest BCUT2D eigenvalue weighted by molar-refractivity contribution is 14.1. The van der Waals surface area contributed by atoms with Crippen molar-refractivity contribution in [2.75, 3.05) is 0 Å². The Morgan fingerprint density at radius 1 is 1.50 bits per heavy atom. The summed E-state index contributed by atoms with van der Waals surface area (Å²) in [4.78, 5) is 11.6. The molecule has 2 nitrogen and oxygen atoms in total. The molecule has 0 saturated heterocycles. The van der Waals surface area contributed by atoms with Crippen molar-refractivity contribution in [1.29, 1.82) is 0 Å². The first kappa shape index (κ1) is 12.0. The van der Waals surface area contributed by atoms with E-state index in [0.717, 1.165) is 8.04 Å². The van der Waals surface area contributed by atoms with Crippen LogP contribution in [0, 0.1) is 3.57 Å². The van der Waals surface area contributed by atoms with E-state index in [2.05, 4.69) is 38.5 Å². The van der Waals surface area contributed by atoms with E-state index in [4.69, 9.17) is 4.74 Å². The lowest BCUT2D eigenvalue weighted by Gasteiger charge is -2.09. The highest BCUT2D eigenvalue weighted by atomic mass is 127. The van der Waals surface area contributed by atoms with Crippen molar-refractivity contribution in [3.05, 3.63) is 31.8 Å². The topological polar surface area (TPSA) is 26.3 Å². The average Bonchev–Trinajstić information content (AvgIpc) is 2.08. The minimum absolute atomic E-state index is 0.0905. The molecule has 0 aliphatic carbocycles. The average molecular weight is 369 g/mol. The fourth-order valence-electron chi connectivity index (χ4n) is 0.931. The number of hydrogen-bond donors (Lipinski definition) is 0. The second-order valence-corrected chi connectivity index (χ2v) is 5.18. The summed E-state index contributed by atoms with van der Waals surface area (Å²) < 4.78 is 6.88. The number of esters is 1. The van der Waals surface area contributed by atoms with Gasteiger partial charge in [0.15, 0.2) is 0 Å². The Kier molecular flexibility index (Phi) is 4.37. The highest BCUT2D eigenvalue weighted by Gasteiger charge is 2.12. The number of hydrogen-bond acceptors (Lipinski definition) is 2. The second kappa shape index (κ2) is 5.11. The third kappa shape index (κ3) is 3.24. The summed E-state index contributed by atoms with van der Waals surface area (Å²) in [6.45, 7) is 3.67. The van der Waals surface area contributed by atoms with Crippen LogP contribution in [0.15, 0.2) is 22.7 Å². The van der Waals surface area contributed by atoms with Crippen molar-refractivity contribution in [1.82, 2.24) is 0 Å². The maximum absolute atomic E-state index is 11.6. The first-order valence-corrected chi connectivity index (χ1v) is 6.04. The van der Waals surface area contributed by atoms with Gasteiger partial charge in [-0.3, -0.25) is 0 Å². The minimum Gasteiger partial charge on any atom is -0.459 e. The van der Waals surface area contributed by atoms with E-state index < -0.39 is 0 Å². The summed E-state index contributed by atoms with van der Waals surface area (Å²) in [5.41, 5.74) is 0.575. The van der Waals surface area contributed by atoms with Gasteiger partial charge in [-0.15, -0.1) is 0 Å². The van der Waals surface area contributed by atoms with Gasteiger partial charge in [0.05, 0.1) is 11.7 Å². The molecule has 0 radical (unpaired) electrons. The molecule has 4 heteroatoms. The van der Waals surface area contributed by atoms with Crippen LogP contribution >= 0.6 is 38.5 Å². The first-order valence-electron chi connectivity index (χ1n) is 4.16. The van der Waals surface area contributed by atoms with Crippen LogP contribution in [-0.4, -0.2) is 12.1 Å². The summed E-state index contributed by atoms with van der Waals surface area (Å²) >= 11 is 5.48. The van der Waals surface area contributed by atoms with Crippen molar-refractivity contribution in [2.45, 2.75) is 20.0 Å². The number of carbonyl (C=O) groups excluding carboxylic acids is 1. The fraction of sp³-hybridized carbons (Fsp3) is 0.300. The summed E-state index contributed by atoms with van der Waals surface area (Å²) in [6, 6.07) is 5.57. The van der Waals surface area contributed by atoms with Crippen molar-refractivity contribution in [3.63, 3.8) is 0 Å². The van der Waals surface area contributed by atoms with Crippen LogP contribution in [0.25, 0.3) is 0 Å². The van der Waals surface area contributed by atoms with Crippen LogP contribution in [0.2, 0.25) is 0 Å². The Labute approximate surface area is 105 Å². The highest BCUT2D eigenvalue weighted by Crippen LogP contribution is 2.20. The summed E-state index contributed by atoms with van der Waals surface area (Å²) in [7, 11) is 0. The summed E-state index contributed by atoms with van der Waals surface area (Å²) in [5, 5.41) is 0. The van der Waals surface area contributed by atoms with E-state index in [1.54, 1.807) is 6.07 Å². The molecule has 0 heterocycles. The van der Waals surface area contributed by atoms with E-state index in [0.29, 0.717) is 5.56 Å². The Hall–Kier alpha value is -0.100. The van der Waals surface area contributed by atoms with Crippen LogP contribution in [0.4, 0.5) is 0 Å². The monoisotopic (exact) mass is 368 g/mol. The standard InChI is InChI=1S/C10H10BrIO2/c1-6(2)14-10(13)8-5-7(12)3-4-9(8)11/h3-6H,1-2H3. The maximum Gasteiger partial charge on any atom is 0.339 e. The summed E-state index contributed by atoms with van der Waals surface area (Å²) in [6.07, 6.45) is -0.0905. The molecule has 1 aromatic rings. The van der Waals surface area contributed by atoms with Gasteiger partial charge in [0.25, 0.3) is 0 Å². The van der Waals surface area contributed by atoms with Gasteiger partial charge in [0, 0.05) is 8.04 Å². The molecule has 0 unspecified atom stereocenters.